The van der Waals surface area contributed by atoms with Crippen molar-refractivity contribution in [3.63, 3.8) is 0 Å². The van der Waals surface area contributed by atoms with E-state index in [0.29, 0.717) is 24.4 Å². The number of anilines is 1. The van der Waals surface area contributed by atoms with Gasteiger partial charge in [-0.15, -0.1) is 0 Å². The van der Waals surface area contributed by atoms with Crippen molar-refractivity contribution in [3.05, 3.63) is 89.7 Å². The molecule has 34 heavy (non-hydrogen) atoms. The van der Waals surface area contributed by atoms with E-state index in [9.17, 15) is 17.6 Å². The lowest BCUT2D eigenvalue weighted by Gasteiger charge is -2.23. The lowest BCUT2D eigenvalue weighted by molar-refractivity contribution is 0.153. The van der Waals surface area contributed by atoms with Gasteiger partial charge in [0.1, 0.15) is 16.5 Å². The molecule has 0 aliphatic heterocycles. The summed E-state index contributed by atoms with van der Waals surface area (Å²) < 4.78 is 48.5. The fourth-order valence-corrected chi connectivity index (χ4v) is 4.14. The smallest absolute Gasteiger partial charge is 0.339 e. The monoisotopic (exact) mass is 486 g/mol. The zero-order valence-electron chi connectivity index (χ0n) is 19.0. The lowest BCUT2D eigenvalue weighted by Crippen LogP contribution is -2.36. The van der Waals surface area contributed by atoms with Crippen molar-refractivity contribution in [1.82, 2.24) is 4.90 Å². The highest BCUT2D eigenvalue weighted by Crippen LogP contribution is 2.21. The lowest BCUT2D eigenvalue weighted by atomic mass is 10.1. The molecule has 2 amide bonds. The van der Waals surface area contributed by atoms with E-state index >= 15 is 0 Å². The Labute approximate surface area is 199 Å². The Hall–Kier alpha value is -3.43. The van der Waals surface area contributed by atoms with Crippen molar-refractivity contribution >= 4 is 21.8 Å². The number of hydrogen-bond donors (Lipinski definition) is 1. The summed E-state index contributed by atoms with van der Waals surface area (Å²) in [6, 6.07) is 18.1. The van der Waals surface area contributed by atoms with Gasteiger partial charge in [-0.25, -0.2) is 9.18 Å². The van der Waals surface area contributed by atoms with E-state index in [1.54, 1.807) is 30.2 Å². The van der Waals surface area contributed by atoms with Crippen LogP contribution in [0.3, 0.4) is 0 Å². The van der Waals surface area contributed by atoms with Crippen molar-refractivity contribution in [3.8, 4) is 5.75 Å². The molecular weight excluding hydrogens is 459 g/mol. The number of ether oxygens (including phenoxy) is 1. The second kappa shape index (κ2) is 11.6. The first-order valence-corrected chi connectivity index (χ1v) is 12.1. The van der Waals surface area contributed by atoms with Crippen molar-refractivity contribution < 1.29 is 26.5 Å². The number of aryl methyl sites for hydroxylation is 1. The number of amides is 2. The highest BCUT2D eigenvalue weighted by atomic mass is 32.2. The van der Waals surface area contributed by atoms with Gasteiger partial charge in [-0.05, 0) is 66.1 Å². The summed E-state index contributed by atoms with van der Waals surface area (Å²) in [7, 11) is -2.58. The second-order valence-electron chi connectivity index (χ2n) is 7.54. The quantitative estimate of drug-likeness (QED) is 0.415. The summed E-state index contributed by atoms with van der Waals surface area (Å²) >= 11 is 0. The van der Waals surface area contributed by atoms with Crippen molar-refractivity contribution in [2.24, 2.45) is 0 Å². The zero-order valence-corrected chi connectivity index (χ0v) is 19.8. The maximum atomic E-state index is 13.1. The van der Waals surface area contributed by atoms with Crippen LogP contribution in [0.5, 0.6) is 5.75 Å². The van der Waals surface area contributed by atoms with Gasteiger partial charge in [0.25, 0.3) is 0 Å². The molecule has 0 saturated heterocycles. The summed E-state index contributed by atoms with van der Waals surface area (Å²) in [6.07, 6.45) is 0.852. The molecule has 0 saturated carbocycles. The predicted molar refractivity (Wildman–Crippen MR) is 128 cm³/mol. The number of rotatable bonds is 10. The third kappa shape index (κ3) is 7.03. The molecule has 0 aliphatic rings. The van der Waals surface area contributed by atoms with Crippen LogP contribution in [0.15, 0.2) is 77.7 Å². The first-order chi connectivity index (χ1) is 16.3. The minimum absolute atomic E-state index is 0.0876. The molecule has 0 unspecified atom stereocenters. The minimum Gasteiger partial charge on any atom is -0.383 e. The van der Waals surface area contributed by atoms with Crippen LogP contribution >= 0.6 is 0 Å². The molecule has 0 aromatic heterocycles. The fourth-order valence-electron chi connectivity index (χ4n) is 3.22. The molecule has 180 valence electrons. The molecule has 9 heteroatoms. The van der Waals surface area contributed by atoms with Crippen LogP contribution in [-0.2, 0) is 27.8 Å². The molecule has 0 radical (unpaired) electrons. The third-order valence-corrected chi connectivity index (χ3v) is 6.28. The summed E-state index contributed by atoms with van der Waals surface area (Å²) in [6.45, 7) is 2.90. The van der Waals surface area contributed by atoms with Crippen molar-refractivity contribution in [2.75, 3.05) is 25.6 Å². The van der Waals surface area contributed by atoms with Gasteiger partial charge in [0.15, 0.2) is 0 Å². The fraction of sp³-hybridized carbons (Fsp3) is 0.240. The number of halogens is 1. The molecule has 0 bridgehead atoms. The van der Waals surface area contributed by atoms with E-state index in [1.807, 2.05) is 31.2 Å². The number of urea groups is 1. The Balaban J connectivity index is 1.74. The molecule has 0 atom stereocenters. The first-order valence-electron chi connectivity index (χ1n) is 10.7. The molecule has 0 fully saturated rings. The summed E-state index contributed by atoms with van der Waals surface area (Å²) in [4.78, 5) is 14.4. The van der Waals surface area contributed by atoms with Gasteiger partial charge >= 0.3 is 16.1 Å². The van der Waals surface area contributed by atoms with Crippen molar-refractivity contribution in [1.29, 1.82) is 0 Å². The molecule has 0 aliphatic carbocycles. The van der Waals surface area contributed by atoms with E-state index in [0.717, 1.165) is 36.2 Å². The number of methoxy groups -OCH3 is 1. The maximum Gasteiger partial charge on any atom is 0.339 e. The van der Waals surface area contributed by atoms with Crippen LogP contribution in [-0.4, -0.2) is 39.6 Å². The molecule has 0 heterocycles. The Morgan fingerprint density at radius 3 is 2.41 bits per heavy atom. The standard InChI is InChI=1S/C25H27FN2O5S/c1-3-19-6-4-8-22(16-19)27-25(29)28(14-15-32-2)18-20-7-5-9-23(17-20)33-34(30,31)24-12-10-21(26)11-13-24/h4-13,16-17H,3,14-15,18H2,1-2H3,(H,27,29). The van der Waals surface area contributed by atoms with Crippen LogP contribution in [0.2, 0.25) is 0 Å². The summed E-state index contributed by atoms with van der Waals surface area (Å²) in [5.74, 6) is -0.457. The molecule has 3 aromatic carbocycles. The number of nitrogens with one attached hydrogen (secondary N) is 1. The van der Waals surface area contributed by atoms with E-state index in [4.69, 9.17) is 8.92 Å². The van der Waals surface area contributed by atoms with Gasteiger partial charge < -0.3 is 19.1 Å². The van der Waals surface area contributed by atoms with Crippen LogP contribution in [0.1, 0.15) is 18.1 Å². The molecule has 3 rings (SSSR count). The maximum absolute atomic E-state index is 13.1. The Morgan fingerprint density at radius 1 is 1.00 bits per heavy atom. The second-order valence-corrected chi connectivity index (χ2v) is 9.08. The topological polar surface area (TPSA) is 84.9 Å². The first kappa shape index (κ1) is 25.2. The van der Waals surface area contributed by atoms with Gasteiger partial charge in [0, 0.05) is 25.9 Å². The van der Waals surface area contributed by atoms with Gasteiger partial charge in [0.2, 0.25) is 0 Å². The zero-order chi connectivity index (χ0) is 24.6. The average Bonchev–Trinajstić information content (AvgIpc) is 2.82. The average molecular weight is 487 g/mol. The molecule has 1 N–H and O–H groups in total. The van der Waals surface area contributed by atoms with E-state index in [2.05, 4.69) is 5.32 Å². The number of nitrogens with zero attached hydrogens (tertiary/aromatic N) is 1. The SMILES string of the molecule is CCc1cccc(NC(=O)N(CCOC)Cc2cccc(OS(=O)(=O)c3ccc(F)cc3)c2)c1. The highest BCUT2D eigenvalue weighted by molar-refractivity contribution is 7.87. The third-order valence-electron chi connectivity index (χ3n) is 5.02. The van der Waals surface area contributed by atoms with Gasteiger partial charge in [-0.3, -0.25) is 0 Å². The number of carbonyl (C=O) groups is 1. The van der Waals surface area contributed by atoms with E-state index < -0.39 is 15.9 Å². The predicted octanol–water partition coefficient (Wildman–Crippen LogP) is 4.84. The van der Waals surface area contributed by atoms with Crippen LogP contribution < -0.4 is 9.50 Å². The largest absolute Gasteiger partial charge is 0.383 e. The van der Waals surface area contributed by atoms with Crippen molar-refractivity contribution in [2.45, 2.75) is 24.8 Å². The Bertz CT molecular complexity index is 1220. The number of carbonyl (C=O) groups excluding carboxylic acids is 1. The minimum atomic E-state index is -4.13. The normalized spacial score (nSPS) is 11.1. The van der Waals surface area contributed by atoms with Crippen LogP contribution in [0.25, 0.3) is 0 Å². The highest BCUT2D eigenvalue weighted by Gasteiger charge is 2.18. The molecule has 3 aromatic rings. The van der Waals surface area contributed by atoms with Crippen LogP contribution in [0.4, 0.5) is 14.9 Å². The molecular formula is C25H27FN2O5S. The van der Waals surface area contributed by atoms with Gasteiger partial charge in [0.05, 0.1) is 6.61 Å². The van der Waals surface area contributed by atoms with Gasteiger partial charge in [-0.2, -0.15) is 8.42 Å². The summed E-state index contributed by atoms with van der Waals surface area (Å²) in [5, 5.41) is 2.90. The molecule has 0 spiro atoms. The number of hydrogen-bond acceptors (Lipinski definition) is 5. The number of benzene rings is 3. The van der Waals surface area contributed by atoms with E-state index in [1.165, 1.54) is 6.07 Å². The Kier molecular flexibility index (Phi) is 8.61. The van der Waals surface area contributed by atoms with Gasteiger partial charge in [-0.1, -0.05) is 31.2 Å². The van der Waals surface area contributed by atoms with E-state index in [-0.39, 0.29) is 23.2 Å². The molecule has 7 nitrogen and oxygen atoms in total. The summed E-state index contributed by atoms with van der Waals surface area (Å²) in [5.41, 5.74) is 2.46. The Morgan fingerprint density at radius 2 is 1.71 bits per heavy atom. The van der Waals surface area contributed by atoms with Crippen LogP contribution in [0, 0.1) is 5.82 Å².